The van der Waals surface area contributed by atoms with Crippen molar-refractivity contribution >= 4 is 34.8 Å². The SMILES string of the molecule is Clc1ccc(C(Cl)C2Cc3ccccc3C2)cc1Cl. The monoisotopic (exact) mass is 310 g/mol. The van der Waals surface area contributed by atoms with Crippen molar-refractivity contribution in [1.82, 2.24) is 0 Å². The lowest BCUT2D eigenvalue weighted by atomic mass is 9.96. The van der Waals surface area contributed by atoms with Gasteiger partial charge in [0.15, 0.2) is 0 Å². The predicted molar refractivity (Wildman–Crippen MR) is 82.4 cm³/mol. The van der Waals surface area contributed by atoms with Crippen LogP contribution in [0.2, 0.25) is 10.0 Å². The van der Waals surface area contributed by atoms with Crippen LogP contribution in [0.25, 0.3) is 0 Å². The van der Waals surface area contributed by atoms with Crippen molar-refractivity contribution in [2.24, 2.45) is 5.92 Å². The van der Waals surface area contributed by atoms with Gasteiger partial charge in [0.1, 0.15) is 0 Å². The van der Waals surface area contributed by atoms with Crippen molar-refractivity contribution in [2.45, 2.75) is 18.2 Å². The lowest BCUT2D eigenvalue weighted by Crippen LogP contribution is -2.08. The summed E-state index contributed by atoms with van der Waals surface area (Å²) in [4.78, 5) is 0. The molecule has 0 radical (unpaired) electrons. The topological polar surface area (TPSA) is 0 Å². The second-order valence-electron chi connectivity index (χ2n) is 5.01. The fourth-order valence-electron chi connectivity index (χ4n) is 2.76. The van der Waals surface area contributed by atoms with Crippen LogP contribution in [-0.2, 0) is 12.8 Å². The molecule has 1 aliphatic rings. The minimum absolute atomic E-state index is 0.0258. The largest absolute Gasteiger partial charge is 0.117 e. The van der Waals surface area contributed by atoms with Gasteiger partial charge in [-0.25, -0.2) is 0 Å². The zero-order valence-corrected chi connectivity index (χ0v) is 12.5. The highest BCUT2D eigenvalue weighted by Gasteiger charge is 2.28. The third kappa shape index (κ3) is 2.63. The van der Waals surface area contributed by atoms with Crippen molar-refractivity contribution in [3.8, 4) is 0 Å². The first-order chi connectivity index (χ1) is 9.15. The molecule has 1 atom stereocenters. The first-order valence-electron chi connectivity index (χ1n) is 6.31. The molecule has 3 heteroatoms. The van der Waals surface area contributed by atoms with Crippen molar-refractivity contribution < 1.29 is 0 Å². The van der Waals surface area contributed by atoms with Gasteiger partial charge in [0, 0.05) is 0 Å². The van der Waals surface area contributed by atoms with E-state index >= 15 is 0 Å². The van der Waals surface area contributed by atoms with E-state index in [1.807, 2.05) is 18.2 Å². The van der Waals surface area contributed by atoms with E-state index in [1.165, 1.54) is 11.1 Å². The molecule has 3 rings (SSSR count). The molecule has 0 bridgehead atoms. The van der Waals surface area contributed by atoms with Crippen molar-refractivity contribution in [3.63, 3.8) is 0 Å². The quantitative estimate of drug-likeness (QED) is 0.625. The number of halogens is 3. The van der Waals surface area contributed by atoms with Crippen molar-refractivity contribution in [2.75, 3.05) is 0 Å². The van der Waals surface area contributed by atoms with Gasteiger partial charge in [-0.15, -0.1) is 11.6 Å². The molecule has 0 N–H and O–H groups in total. The Hall–Kier alpha value is -0.690. The Bertz CT molecular complexity index is 582. The summed E-state index contributed by atoms with van der Waals surface area (Å²) in [5, 5.41) is 1.12. The van der Waals surface area contributed by atoms with Crippen LogP contribution in [0.5, 0.6) is 0 Å². The highest BCUT2D eigenvalue weighted by Crippen LogP contribution is 2.40. The van der Waals surface area contributed by atoms with E-state index in [-0.39, 0.29) is 5.38 Å². The fraction of sp³-hybridized carbons (Fsp3) is 0.250. The molecular weight excluding hydrogens is 299 g/mol. The Balaban J connectivity index is 1.82. The third-order valence-electron chi connectivity index (χ3n) is 3.76. The normalized spacial score (nSPS) is 16.4. The van der Waals surface area contributed by atoms with Gasteiger partial charge in [0.2, 0.25) is 0 Å². The summed E-state index contributed by atoms with van der Waals surface area (Å²) in [5.41, 5.74) is 3.88. The van der Waals surface area contributed by atoms with Crippen LogP contribution in [0.3, 0.4) is 0 Å². The Morgan fingerprint density at radius 2 is 1.53 bits per heavy atom. The van der Waals surface area contributed by atoms with E-state index in [2.05, 4.69) is 24.3 Å². The predicted octanol–water partition coefficient (Wildman–Crippen LogP) is 5.69. The van der Waals surface area contributed by atoms with E-state index in [9.17, 15) is 0 Å². The maximum atomic E-state index is 6.63. The summed E-state index contributed by atoms with van der Waals surface area (Å²) in [5.74, 6) is 0.427. The average Bonchev–Trinajstić information content (AvgIpc) is 2.85. The zero-order valence-electron chi connectivity index (χ0n) is 10.2. The van der Waals surface area contributed by atoms with Gasteiger partial charge in [-0.2, -0.15) is 0 Å². The lowest BCUT2D eigenvalue weighted by molar-refractivity contribution is 0.541. The molecule has 0 aromatic heterocycles. The minimum Gasteiger partial charge on any atom is -0.117 e. The molecule has 0 spiro atoms. The molecule has 0 saturated heterocycles. The van der Waals surface area contributed by atoms with Crippen LogP contribution in [0.15, 0.2) is 42.5 Å². The molecule has 0 saturated carbocycles. The van der Waals surface area contributed by atoms with Gasteiger partial charge in [-0.3, -0.25) is 0 Å². The summed E-state index contributed by atoms with van der Waals surface area (Å²) >= 11 is 18.6. The van der Waals surface area contributed by atoms with Gasteiger partial charge in [0.05, 0.1) is 15.4 Å². The molecule has 0 fully saturated rings. The van der Waals surface area contributed by atoms with Crippen molar-refractivity contribution in [3.05, 3.63) is 69.2 Å². The van der Waals surface area contributed by atoms with E-state index in [0.717, 1.165) is 18.4 Å². The van der Waals surface area contributed by atoms with Gasteiger partial charge in [-0.1, -0.05) is 53.5 Å². The molecule has 0 amide bonds. The molecule has 19 heavy (non-hydrogen) atoms. The Labute approximate surface area is 128 Å². The summed E-state index contributed by atoms with van der Waals surface area (Å²) in [6.45, 7) is 0. The van der Waals surface area contributed by atoms with Crippen LogP contribution in [0.1, 0.15) is 22.1 Å². The standard InChI is InChI=1S/C16H13Cl3/c17-14-6-5-12(9-15(14)18)16(19)13-7-10-3-1-2-4-11(10)8-13/h1-6,9,13,16H,7-8H2. The van der Waals surface area contributed by atoms with E-state index in [1.54, 1.807) is 0 Å². The summed E-state index contributed by atoms with van der Waals surface area (Å²) in [7, 11) is 0. The Kier molecular flexibility index (Phi) is 3.75. The molecule has 2 aromatic carbocycles. The molecule has 0 aliphatic heterocycles. The van der Waals surface area contributed by atoms with E-state index in [4.69, 9.17) is 34.8 Å². The van der Waals surface area contributed by atoms with Crippen LogP contribution < -0.4 is 0 Å². The first kappa shape index (κ1) is 13.3. The highest BCUT2D eigenvalue weighted by atomic mass is 35.5. The second-order valence-corrected chi connectivity index (χ2v) is 6.30. The van der Waals surface area contributed by atoms with E-state index in [0.29, 0.717) is 16.0 Å². The Morgan fingerprint density at radius 1 is 0.895 bits per heavy atom. The van der Waals surface area contributed by atoms with Crippen LogP contribution >= 0.6 is 34.8 Å². The van der Waals surface area contributed by atoms with Crippen LogP contribution in [-0.4, -0.2) is 0 Å². The summed E-state index contributed by atoms with van der Waals surface area (Å²) < 4.78 is 0. The number of rotatable bonds is 2. The Morgan fingerprint density at radius 3 is 2.11 bits per heavy atom. The molecular formula is C16H13Cl3. The average molecular weight is 312 g/mol. The number of hydrogen-bond acceptors (Lipinski definition) is 0. The molecule has 0 heterocycles. The summed E-state index contributed by atoms with van der Waals surface area (Å²) in [6.07, 6.45) is 2.06. The van der Waals surface area contributed by atoms with Gasteiger partial charge < -0.3 is 0 Å². The number of benzene rings is 2. The maximum Gasteiger partial charge on any atom is 0.0620 e. The molecule has 1 aliphatic carbocycles. The molecule has 98 valence electrons. The number of fused-ring (bicyclic) bond motifs is 1. The second kappa shape index (κ2) is 5.36. The van der Waals surface area contributed by atoms with Gasteiger partial charge in [0.25, 0.3) is 0 Å². The van der Waals surface area contributed by atoms with Crippen molar-refractivity contribution in [1.29, 1.82) is 0 Å². The van der Waals surface area contributed by atoms with Crippen LogP contribution in [0, 0.1) is 5.92 Å². The molecule has 0 nitrogen and oxygen atoms in total. The third-order valence-corrected chi connectivity index (χ3v) is 5.11. The van der Waals surface area contributed by atoms with E-state index < -0.39 is 0 Å². The fourth-order valence-corrected chi connectivity index (χ4v) is 3.38. The summed E-state index contributed by atoms with van der Waals surface area (Å²) in [6, 6.07) is 14.2. The minimum atomic E-state index is -0.0258. The van der Waals surface area contributed by atoms with Crippen LogP contribution in [0.4, 0.5) is 0 Å². The van der Waals surface area contributed by atoms with Gasteiger partial charge in [-0.05, 0) is 47.6 Å². The smallest absolute Gasteiger partial charge is 0.0620 e. The first-order valence-corrected chi connectivity index (χ1v) is 7.50. The highest BCUT2D eigenvalue weighted by molar-refractivity contribution is 6.42. The zero-order chi connectivity index (χ0) is 13.4. The lowest BCUT2D eigenvalue weighted by Gasteiger charge is -2.17. The number of alkyl halides is 1. The molecule has 1 unspecified atom stereocenters. The van der Waals surface area contributed by atoms with Gasteiger partial charge >= 0.3 is 0 Å². The maximum absolute atomic E-state index is 6.63. The number of hydrogen-bond donors (Lipinski definition) is 0. The molecule has 2 aromatic rings.